The zero-order chi connectivity index (χ0) is 28.0. The van der Waals surface area contributed by atoms with Crippen LogP contribution in [0.2, 0.25) is 5.02 Å². The molecular weight excluding hydrogens is 498 g/mol. The minimum absolute atomic E-state index is 0.0846. The number of carboxylic acid groups (broad SMARTS) is 1. The van der Waals surface area contributed by atoms with E-state index in [2.05, 4.69) is 46.8 Å². The fraction of sp³-hybridized carbons (Fsp3) is 0.375. The maximum absolute atomic E-state index is 12.7. The minimum Gasteiger partial charge on any atom is -0.486 e. The molecule has 0 fully saturated rings. The van der Waals surface area contributed by atoms with E-state index in [0.717, 1.165) is 40.8 Å². The lowest BCUT2D eigenvalue weighted by Crippen LogP contribution is -2.29. The lowest BCUT2D eigenvalue weighted by Gasteiger charge is -2.25. The highest BCUT2D eigenvalue weighted by Crippen LogP contribution is 2.36. The van der Waals surface area contributed by atoms with Gasteiger partial charge >= 0.3 is 5.97 Å². The molecule has 1 N–H and O–H groups in total. The number of hydrogen-bond acceptors (Lipinski definition) is 3. The molecule has 5 nitrogen and oxygen atoms in total. The van der Waals surface area contributed by atoms with Gasteiger partial charge in [0.2, 0.25) is 0 Å². The van der Waals surface area contributed by atoms with Crippen LogP contribution in [0.5, 0.6) is 5.75 Å². The number of halogens is 1. The maximum atomic E-state index is 12.7. The normalized spacial score (nSPS) is 12.2. The van der Waals surface area contributed by atoms with Crippen molar-refractivity contribution in [2.75, 3.05) is 13.6 Å². The standard InChI is InChI=1S/C32H38ClNO4/c1-21-19-27(20-22(2)30(21)24-11-13-26(33)14-12-24)38-28(15-17-32(3,4)5)23-7-9-25(10-8-23)31(37)34(6)18-16-29(35)36/h7-14,19-20,28H,15-18H2,1-6H3,(H,35,36). The van der Waals surface area contributed by atoms with Crippen LogP contribution in [0.15, 0.2) is 60.7 Å². The number of hydrogen-bond donors (Lipinski definition) is 1. The Kier molecular flexibility index (Phi) is 9.61. The summed E-state index contributed by atoms with van der Waals surface area (Å²) in [7, 11) is 1.62. The predicted octanol–water partition coefficient (Wildman–Crippen LogP) is 8.12. The first-order valence-corrected chi connectivity index (χ1v) is 13.3. The zero-order valence-electron chi connectivity index (χ0n) is 23.2. The third-order valence-corrected chi connectivity index (χ3v) is 6.86. The topological polar surface area (TPSA) is 66.8 Å². The second-order valence-corrected chi connectivity index (χ2v) is 11.6. The van der Waals surface area contributed by atoms with Crippen LogP contribution in [0.25, 0.3) is 11.1 Å². The van der Waals surface area contributed by atoms with E-state index in [1.165, 1.54) is 10.5 Å². The van der Waals surface area contributed by atoms with Crippen molar-refractivity contribution in [3.8, 4) is 16.9 Å². The summed E-state index contributed by atoms with van der Waals surface area (Å²) in [5, 5.41) is 9.61. The molecule has 3 aromatic rings. The summed E-state index contributed by atoms with van der Waals surface area (Å²) in [6.45, 7) is 11.0. The van der Waals surface area contributed by atoms with Gasteiger partial charge in [-0.15, -0.1) is 0 Å². The molecule has 6 heteroatoms. The number of amides is 1. The molecular formula is C32H38ClNO4. The SMILES string of the molecule is Cc1cc(OC(CCC(C)(C)C)c2ccc(C(=O)N(C)CCC(=O)O)cc2)cc(C)c1-c1ccc(Cl)cc1. The predicted molar refractivity (Wildman–Crippen MR) is 154 cm³/mol. The lowest BCUT2D eigenvalue weighted by molar-refractivity contribution is -0.137. The first kappa shape index (κ1) is 29.2. The lowest BCUT2D eigenvalue weighted by atomic mass is 9.88. The van der Waals surface area contributed by atoms with Gasteiger partial charge in [0.15, 0.2) is 0 Å². The van der Waals surface area contributed by atoms with Gasteiger partial charge in [-0.3, -0.25) is 9.59 Å². The van der Waals surface area contributed by atoms with E-state index < -0.39 is 5.97 Å². The van der Waals surface area contributed by atoms with Crippen LogP contribution in [0.3, 0.4) is 0 Å². The number of ether oxygens (including phenoxy) is 1. The maximum Gasteiger partial charge on any atom is 0.305 e. The molecule has 202 valence electrons. The van der Waals surface area contributed by atoms with Crippen molar-refractivity contribution in [1.82, 2.24) is 4.90 Å². The molecule has 3 aromatic carbocycles. The molecule has 38 heavy (non-hydrogen) atoms. The average Bonchev–Trinajstić information content (AvgIpc) is 2.85. The molecule has 3 rings (SSSR count). The summed E-state index contributed by atoms with van der Waals surface area (Å²) < 4.78 is 6.60. The van der Waals surface area contributed by atoms with E-state index >= 15 is 0 Å². The van der Waals surface area contributed by atoms with Crippen LogP contribution in [-0.2, 0) is 4.79 Å². The van der Waals surface area contributed by atoms with Gasteiger partial charge in [0.1, 0.15) is 11.9 Å². The number of carboxylic acids is 1. The Hall–Kier alpha value is -3.31. The molecule has 1 amide bonds. The molecule has 0 saturated carbocycles. The van der Waals surface area contributed by atoms with E-state index in [4.69, 9.17) is 21.4 Å². The Morgan fingerprint density at radius 3 is 2.08 bits per heavy atom. The monoisotopic (exact) mass is 535 g/mol. The summed E-state index contributed by atoms with van der Waals surface area (Å²) >= 11 is 6.09. The average molecular weight is 536 g/mol. The molecule has 0 saturated heterocycles. The first-order valence-electron chi connectivity index (χ1n) is 12.9. The minimum atomic E-state index is -0.925. The Bertz CT molecular complexity index is 1240. The van der Waals surface area contributed by atoms with Crippen LogP contribution >= 0.6 is 11.6 Å². The van der Waals surface area contributed by atoms with E-state index in [-0.39, 0.29) is 30.4 Å². The molecule has 0 aliphatic heterocycles. The summed E-state index contributed by atoms with van der Waals surface area (Å²) in [5.74, 6) is -0.315. The largest absolute Gasteiger partial charge is 0.486 e. The number of carbonyl (C=O) groups is 2. The van der Waals surface area contributed by atoms with Crippen molar-refractivity contribution < 1.29 is 19.4 Å². The van der Waals surface area contributed by atoms with Crippen LogP contribution in [-0.4, -0.2) is 35.5 Å². The van der Waals surface area contributed by atoms with Crippen LogP contribution < -0.4 is 4.74 Å². The second kappa shape index (κ2) is 12.5. The summed E-state index contributed by atoms with van der Waals surface area (Å²) in [6, 6.07) is 19.5. The number of benzene rings is 3. The van der Waals surface area contributed by atoms with E-state index in [1.54, 1.807) is 19.2 Å². The highest BCUT2D eigenvalue weighted by molar-refractivity contribution is 6.30. The second-order valence-electron chi connectivity index (χ2n) is 11.1. The van der Waals surface area contributed by atoms with Gasteiger partial charge in [0.05, 0.1) is 6.42 Å². The van der Waals surface area contributed by atoms with Crippen molar-refractivity contribution in [2.45, 2.75) is 60.0 Å². The smallest absolute Gasteiger partial charge is 0.305 e. The molecule has 0 aromatic heterocycles. The molecule has 0 spiro atoms. The zero-order valence-corrected chi connectivity index (χ0v) is 23.9. The molecule has 0 bridgehead atoms. The number of nitrogens with zero attached hydrogens (tertiary/aromatic N) is 1. The van der Waals surface area contributed by atoms with Crippen LogP contribution in [0, 0.1) is 19.3 Å². The highest BCUT2D eigenvalue weighted by atomic mass is 35.5. The van der Waals surface area contributed by atoms with Crippen molar-refractivity contribution in [3.05, 3.63) is 87.9 Å². The molecule has 0 heterocycles. The van der Waals surface area contributed by atoms with E-state index in [9.17, 15) is 9.59 Å². The Balaban J connectivity index is 1.85. The summed E-state index contributed by atoms with van der Waals surface area (Å²) in [6.07, 6.45) is 1.53. The Morgan fingerprint density at radius 1 is 0.974 bits per heavy atom. The molecule has 0 aliphatic rings. The fourth-order valence-corrected chi connectivity index (χ4v) is 4.64. The van der Waals surface area contributed by atoms with Gasteiger partial charge < -0.3 is 14.7 Å². The van der Waals surface area contributed by atoms with Gasteiger partial charge in [0, 0.05) is 24.2 Å². The third-order valence-electron chi connectivity index (χ3n) is 6.61. The van der Waals surface area contributed by atoms with Crippen molar-refractivity contribution >= 4 is 23.5 Å². The summed E-state index contributed by atoms with van der Waals surface area (Å²) in [5.41, 5.74) is 6.22. The van der Waals surface area contributed by atoms with Gasteiger partial charge in [-0.05, 0) is 96.3 Å². The molecule has 1 atom stereocenters. The summed E-state index contributed by atoms with van der Waals surface area (Å²) in [4.78, 5) is 25.0. The van der Waals surface area contributed by atoms with E-state index in [0.29, 0.717) is 10.6 Å². The number of aryl methyl sites for hydroxylation is 2. The highest BCUT2D eigenvalue weighted by Gasteiger charge is 2.21. The van der Waals surface area contributed by atoms with Crippen molar-refractivity contribution in [3.63, 3.8) is 0 Å². The van der Waals surface area contributed by atoms with E-state index in [1.807, 2.05) is 36.4 Å². The Morgan fingerprint density at radius 2 is 1.55 bits per heavy atom. The van der Waals surface area contributed by atoms with Crippen LogP contribution in [0.4, 0.5) is 0 Å². The molecule has 0 aliphatic carbocycles. The number of carbonyl (C=O) groups excluding carboxylic acids is 1. The third kappa shape index (κ3) is 8.09. The van der Waals surface area contributed by atoms with Gasteiger partial charge in [0.25, 0.3) is 5.91 Å². The number of aliphatic carboxylic acids is 1. The van der Waals surface area contributed by atoms with Crippen molar-refractivity contribution in [2.24, 2.45) is 5.41 Å². The van der Waals surface area contributed by atoms with Gasteiger partial charge in [-0.25, -0.2) is 0 Å². The molecule has 0 radical (unpaired) electrons. The van der Waals surface area contributed by atoms with Gasteiger partial charge in [-0.1, -0.05) is 56.6 Å². The van der Waals surface area contributed by atoms with Gasteiger partial charge in [-0.2, -0.15) is 0 Å². The van der Waals surface area contributed by atoms with Crippen molar-refractivity contribution in [1.29, 1.82) is 0 Å². The number of rotatable bonds is 10. The first-order chi connectivity index (χ1) is 17.8. The Labute approximate surface area is 231 Å². The van der Waals surface area contributed by atoms with Crippen LogP contribution in [0.1, 0.15) is 73.2 Å². The quantitative estimate of drug-likeness (QED) is 0.284. The fourth-order valence-electron chi connectivity index (χ4n) is 4.51. The molecule has 1 unspecified atom stereocenters.